The van der Waals surface area contributed by atoms with Gasteiger partial charge in [-0.3, -0.25) is 0 Å². The van der Waals surface area contributed by atoms with Crippen molar-refractivity contribution in [3.05, 3.63) is 24.0 Å². The molecular weight excluding hydrogens is 257 g/mol. The third-order valence-electron chi connectivity index (χ3n) is 2.76. The van der Waals surface area contributed by atoms with E-state index in [9.17, 15) is 12.8 Å². The summed E-state index contributed by atoms with van der Waals surface area (Å²) in [6.45, 7) is 5.56. The molecule has 6 heteroatoms. The summed E-state index contributed by atoms with van der Waals surface area (Å²) in [5.41, 5.74) is 0. The van der Waals surface area contributed by atoms with E-state index in [4.69, 9.17) is 4.74 Å². The smallest absolute Gasteiger partial charge is 0.244 e. The number of hydrogen-bond acceptors (Lipinski definition) is 3. The van der Waals surface area contributed by atoms with Gasteiger partial charge in [-0.05, 0) is 31.0 Å². The molecule has 1 aromatic rings. The zero-order valence-electron chi connectivity index (χ0n) is 10.9. The fourth-order valence-electron chi connectivity index (χ4n) is 1.30. The van der Waals surface area contributed by atoms with Gasteiger partial charge in [0.2, 0.25) is 10.0 Å². The molecule has 0 spiro atoms. The molecule has 0 aliphatic carbocycles. The Morgan fingerprint density at radius 2 is 1.89 bits per heavy atom. The van der Waals surface area contributed by atoms with Crippen LogP contribution in [0.25, 0.3) is 0 Å². The third kappa shape index (κ3) is 3.43. The number of hydrogen-bond donors (Lipinski definition) is 1. The highest BCUT2D eigenvalue weighted by Crippen LogP contribution is 2.24. The lowest BCUT2D eigenvalue weighted by molar-refractivity contribution is 0.399. The van der Waals surface area contributed by atoms with E-state index in [0.717, 1.165) is 12.1 Å². The first kappa shape index (κ1) is 14.9. The van der Waals surface area contributed by atoms with Crippen LogP contribution in [0.1, 0.15) is 20.8 Å². The topological polar surface area (TPSA) is 55.4 Å². The number of benzene rings is 1. The van der Waals surface area contributed by atoms with Crippen molar-refractivity contribution < 1.29 is 17.5 Å². The number of sulfonamides is 1. The summed E-state index contributed by atoms with van der Waals surface area (Å²) in [6, 6.07) is 3.16. The summed E-state index contributed by atoms with van der Waals surface area (Å²) < 4.78 is 44.8. The van der Waals surface area contributed by atoms with Crippen molar-refractivity contribution in [2.45, 2.75) is 31.7 Å². The molecule has 1 rings (SSSR count). The minimum Gasteiger partial charge on any atom is -0.495 e. The Kier molecular flexibility index (Phi) is 4.70. The van der Waals surface area contributed by atoms with Crippen molar-refractivity contribution in [2.75, 3.05) is 7.11 Å². The van der Waals surface area contributed by atoms with E-state index < -0.39 is 15.8 Å². The van der Waals surface area contributed by atoms with E-state index in [2.05, 4.69) is 4.72 Å². The van der Waals surface area contributed by atoms with Crippen LogP contribution >= 0.6 is 0 Å². The number of rotatable bonds is 5. The molecule has 1 atom stereocenters. The largest absolute Gasteiger partial charge is 0.495 e. The summed E-state index contributed by atoms with van der Waals surface area (Å²) in [6.07, 6.45) is 0. The first-order chi connectivity index (χ1) is 8.27. The summed E-state index contributed by atoms with van der Waals surface area (Å²) in [4.78, 5) is -0.183. The SMILES string of the molecule is COc1ccc(F)cc1S(=O)(=O)N[C@@H](C)C(C)C. The van der Waals surface area contributed by atoms with Crippen molar-refractivity contribution >= 4 is 10.0 Å². The molecule has 1 aromatic carbocycles. The van der Waals surface area contributed by atoms with Gasteiger partial charge in [0.25, 0.3) is 0 Å². The monoisotopic (exact) mass is 275 g/mol. The molecule has 0 saturated carbocycles. The van der Waals surface area contributed by atoms with E-state index in [1.165, 1.54) is 13.2 Å². The molecule has 0 heterocycles. The first-order valence-corrected chi connectivity index (χ1v) is 7.12. The van der Waals surface area contributed by atoms with Crippen LogP contribution in [0.3, 0.4) is 0 Å². The molecule has 0 aliphatic rings. The van der Waals surface area contributed by atoms with Crippen LogP contribution in [-0.2, 0) is 10.0 Å². The number of halogens is 1. The van der Waals surface area contributed by atoms with Gasteiger partial charge in [-0.1, -0.05) is 13.8 Å². The van der Waals surface area contributed by atoms with Crippen LogP contribution in [0, 0.1) is 11.7 Å². The molecule has 18 heavy (non-hydrogen) atoms. The first-order valence-electron chi connectivity index (χ1n) is 5.64. The van der Waals surface area contributed by atoms with Crippen molar-refractivity contribution in [3.8, 4) is 5.75 Å². The highest BCUT2D eigenvalue weighted by molar-refractivity contribution is 7.89. The van der Waals surface area contributed by atoms with Crippen molar-refractivity contribution in [3.63, 3.8) is 0 Å². The normalized spacial score (nSPS) is 13.7. The van der Waals surface area contributed by atoms with Crippen molar-refractivity contribution in [2.24, 2.45) is 5.92 Å². The predicted molar refractivity (Wildman–Crippen MR) is 67.6 cm³/mol. The molecule has 102 valence electrons. The Morgan fingerprint density at radius 1 is 1.28 bits per heavy atom. The standard InChI is InChI=1S/C12H18FNO3S/c1-8(2)9(3)14-18(15,16)12-7-10(13)5-6-11(12)17-4/h5-9,14H,1-4H3/t9-/m0/s1. The fraction of sp³-hybridized carbons (Fsp3) is 0.500. The molecule has 0 bridgehead atoms. The van der Waals surface area contributed by atoms with E-state index in [1.54, 1.807) is 6.92 Å². The van der Waals surface area contributed by atoms with Crippen molar-refractivity contribution in [1.82, 2.24) is 4.72 Å². The molecule has 0 unspecified atom stereocenters. The lowest BCUT2D eigenvalue weighted by Gasteiger charge is -2.18. The second-order valence-corrected chi connectivity index (χ2v) is 6.13. The van der Waals surface area contributed by atoms with Gasteiger partial charge in [0, 0.05) is 6.04 Å². The van der Waals surface area contributed by atoms with Crippen LogP contribution in [0.5, 0.6) is 5.75 Å². The number of methoxy groups -OCH3 is 1. The highest BCUT2D eigenvalue weighted by atomic mass is 32.2. The number of ether oxygens (including phenoxy) is 1. The minimum atomic E-state index is -3.78. The Bertz CT molecular complexity index is 514. The molecular formula is C12H18FNO3S. The van der Waals surface area contributed by atoms with Crippen LogP contribution in [0.2, 0.25) is 0 Å². The van der Waals surface area contributed by atoms with Gasteiger partial charge in [-0.2, -0.15) is 0 Å². The number of nitrogens with one attached hydrogen (secondary N) is 1. The van der Waals surface area contributed by atoms with E-state index in [-0.39, 0.29) is 22.6 Å². The lowest BCUT2D eigenvalue weighted by Crippen LogP contribution is -2.36. The van der Waals surface area contributed by atoms with Crippen LogP contribution in [-0.4, -0.2) is 21.6 Å². The molecule has 0 fully saturated rings. The van der Waals surface area contributed by atoms with E-state index in [0.29, 0.717) is 0 Å². The predicted octanol–water partition coefficient (Wildman–Crippen LogP) is 2.16. The molecule has 0 radical (unpaired) electrons. The summed E-state index contributed by atoms with van der Waals surface area (Å²) in [5, 5.41) is 0. The Balaban J connectivity index is 3.15. The van der Waals surface area contributed by atoms with E-state index in [1.807, 2.05) is 13.8 Å². The zero-order chi connectivity index (χ0) is 13.9. The molecule has 1 N–H and O–H groups in total. The van der Waals surface area contributed by atoms with Gasteiger partial charge in [0.1, 0.15) is 16.5 Å². The van der Waals surface area contributed by atoms with Gasteiger partial charge >= 0.3 is 0 Å². The van der Waals surface area contributed by atoms with Gasteiger partial charge in [-0.15, -0.1) is 0 Å². The fourth-order valence-corrected chi connectivity index (χ4v) is 2.88. The maximum absolute atomic E-state index is 13.2. The summed E-state index contributed by atoms with van der Waals surface area (Å²) >= 11 is 0. The molecule has 0 amide bonds. The van der Waals surface area contributed by atoms with Gasteiger partial charge in [0.15, 0.2) is 0 Å². The lowest BCUT2D eigenvalue weighted by atomic mass is 10.1. The maximum atomic E-state index is 13.2. The second kappa shape index (κ2) is 5.67. The minimum absolute atomic E-state index is 0.125. The van der Waals surface area contributed by atoms with Crippen LogP contribution < -0.4 is 9.46 Å². The van der Waals surface area contributed by atoms with Gasteiger partial charge in [-0.25, -0.2) is 17.5 Å². The average Bonchev–Trinajstić information content (AvgIpc) is 2.28. The van der Waals surface area contributed by atoms with Gasteiger partial charge in [0.05, 0.1) is 7.11 Å². The quantitative estimate of drug-likeness (QED) is 0.896. The van der Waals surface area contributed by atoms with Gasteiger partial charge < -0.3 is 4.74 Å². The molecule has 0 aliphatic heterocycles. The summed E-state index contributed by atoms with van der Waals surface area (Å²) in [5.74, 6) is -0.354. The van der Waals surface area contributed by atoms with Crippen LogP contribution in [0.4, 0.5) is 4.39 Å². The second-order valence-electron chi connectivity index (χ2n) is 4.45. The molecule has 0 aromatic heterocycles. The Hall–Kier alpha value is -1.14. The van der Waals surface area contributed by atoms with Crippen LogP contribution in [0.15, 0.2) is 23.1 Å². The maximum Gasteiger partial charge on any atom is 0.244 e. The summed E-state index contributed by atoms with van der Waals surface area (Å²) in [7, 11) is -2.44. The average molecular weight is 275 g/mol. The Morgan fingerprint density at radius 3 is 2.39 bits per heavy atom. The molecule has 4 nitrogen and oxygen atoms in total. The van der Waals surface area contributed by atoms with E-state index >= 15 is 0 Å². The van der Waals surface area contributed by atoms with Crippen molar-refractivity contribution in [1.29, 1.82) is 0 Å². The zero-order valence-corrected chi connectivity index (χ0v) is 11.7. The Labute approximate surface area is 107 Å². The molecule has 0 saturated heterocycles. The highest BCUT2D eigenvalue weighted by Gasteiger charge is 2.23. The third-order valence-corrected chi connectivity index (χ3v) is 4.34.